The van der Waals surface area contributed by atoms with Gasteiger partial charge in [-0.2, -0.15) is 0 Å². The molecule has 1 aliphatic heterocycles. The largest absolute Gasteiger partial charge is 0.490 e. The Morgan fingerprint density at radius 3 is 3.13 bits per heavy atom. The molecule has 0 spiro atoms. The van der Waals surface area contributed by atoms with Gasteiger partial charge in [-0.1, -0.05) is 17.7 Å². The third-order valence-corrected chi connectivity index (χ3v) is 2.34. The Morgan fingerprint density at radius 1 is 1.47 bits per heavy atom. The Morgan fingerprint density at radius 2 is 2.40 bits per heavy atom. The number of rotatable bonds is 3. The first-order chi connectivity index (χ1) is 7.34. The lowest BCUT2D eigenvalue weighted by Gasteiger charge is -2.22. The molecule has 2 rings (SSSR count). The minimum atomic E-state index is 0.480. The van der Waals surface area contributed by atoms with Crippen LogP contribution in [0.15, 0.2) is 24.3 Å². The summed E-state index contributed by atoms with van der Waals surface area (Å²) in [5.41, 5.74) is 0. The molecule has 0 saturated carbocycles. The SMILES string of the molecule is Clc1cccc(OC[C]2CNCCO2)c1. The Balaban J connectivity index is 1.81. The molecular formula is C11H13ClNO2. The van der Waals surface area contributed by atoms with Crippen LogP contribution >= 0.6 is 11.6 Å². The molecule has 15 heavy (non-hydrogen) atoms. The number of hydrogen-bond donors (Lipinski definition) is 1. The first-order valence-corrected chi connectivity index (χ1v) is 5.29. The number of morpholine rings is 1. The van der Waals surface area contributed by atoms with Crippen LogP contribution in [0.5, 0.6) is 5.75 Å². The maximum Gasteiger partial charge on any atom is 0.148 e. The summed E-state index contributed by atoms with van der Waals surface area (Å²) in [5.74, 6) is 0.768. The van der Waals surface area contributed by atoms with Gasteiger partial charge in [-0.25, -0.2) is 0 Å². The molecule has 1 fully saturated rings. The molecule has 0 atom stereocenters. The van der Waals surface area contributed by atoms with Crippen molar-refractivity contribution < 1.29 is 9.47 Å². The van der Waals surface area contributed by atoms with Crippen LogP contribution in [0.3, 0.4) is 0 Å². The molecule has 4 heteroatoms. The molecule has 81 valence electrons. The summed E-state index contributed by atoms with van der Waals surface area (Å²) in [6, 6.07) is 7.35. The second-order valence-electron chi connectivity index (χ2n) is 3.31. The van der Waals surface area contributed by atoms with Crippen molar-refractivity contribution in [3.8, 4) is 5.75 Å². The van der Waals surface area contributed by atoms with E-state index in [2.05, 4.69) is 5.32 Å². The van der Waals surface area contributed by atoms with Crippen LogP contribution < -0.4 is 10.1 Å². The highest BCUT2D eigenvalue weighted by Gasteiger charge is 2.15. The number of ether oxygens (including phenoxy) is 2. The molecule has 0 aliphatic carbocycles. The van der Waals surface area contributed by atoms with Gasteiger partial charge in [0.25, 0.3) is 0 Å². The van der Waals surface area contributed by atoms with Crippen molar-refractivity contribution in [2.45, 2.75) is 0 Å². The molecule has 1 N–H and O–H groups in total. The molecular weight excluding hydrogens is 214 g/mol. The highest BCUT2D eigenvalue weighted by atomic mass is 35.5. The first kappa shape index (κ1) is 10.7. The van der Waals surface area contributed by atoms with Gasteiger partial charge in [0.2, 0.25) is 0 Å². The van der Waals surface area contributed by atoms with Crippen LogP contribution in [-0.2, 0) is 4.74 Å². The molecule has 1 aromatic rings. The average molecular weight is 227 g/mol. The molecule has 1 aliphatic rings. The van der Waals surface area contributed by atoms with E-state index in [-0.39, 0.29) is 0 Å². The molecule has 0 aromatic heterocycles. The monoisotopic (exact) mass is 226 g/mol. The van der Waals surface area contributed by atoms with E-state index in [1.54, 1.807) is 6.07 Å². The van der Waals surface area contributed by atoms with Crippen molar-refractivity contribution in [1.29, 1.82) is 0 Å². The third kappa shape index (κ3) is 3.38. The van der Waals surface area contributed by atoms with E-state index in [9.17, 15) is 0 Å². The van der Waals surface area contributed by atoms with Gasteiger partial charge in [-0.15, -0.1) is 0 Å². The fourth-order valence-corrected chi connectivity index (χ4v) is 1.54. The predicted octanol–water partition coefficient (Wildman–Crippen LogP) is 1.87. The van der Waals surface area contributed by atoms with Crippen molar-refractivity contribution in [3.63, 3.8) is 0 Å². The molecule has 1 heterocycles. The fraction of sp³-hybridized carbons (Fsp3) is 0.364. The summed E-state index contributed by atoms with van der Waals surface area (Å²) < 4.78 is 11.0. The molecule has 1 radical (unpaired) electrons. The zero-order valence-corrected chi connectivity index (χ0v) is 9.09. The zero-order valence-electron chi connectivity index (χ0n) is 8.33. The summed E-state index contributed by atoms with van der Waals surface area (Å²) in [6.07, 6.45) is 0.932. The van der Waals surface area contributed by atoms with Crippen LogP contribution in [0.25, 0.3) is 0 Å². The van der Waals surface area contributed by atoms with Gasteiger partial charge in [0, 0.05) is 18.1 Å². The normalized spacial score (nSPS) is 17.7. The lowest BCUT2D eigenvalue weighted by atomic mass is 10.3. The molecule has 3 nitrogen and oxygen atoms in total. The zero-order chi connectivity index (χ0) is 10.5. The second kappa shape index (κ2) is 5.35. The van der Waals surface area contributed by atoms with Gasteiger partial charge in [0.1, 0.15) is 18.5 Å². The Labute approximate surface area is 94.3 Å². The Kier molecular flexibility index (Phi) is 3.83. The van der Waals surface area contributed by atoms with Gasteiger partial charge < -0.3 is 14.8 Å². The first-order valence-electron chi connectivity index (χ1n) is 4.91. The molecule has 0 bridgehead atoms. The maximum absolute atomic E-state index is 5.84. The van der Waals surface area contributed by atoms with Crippen LogP contribution in [0.2, 0.25) is 5.02 Å². The quantitative estimate of drug-likeness (QED) is 0.854. The standard InChI is InChI=1S/C11H13ClNO2/c12-9-2-1-3-10(6-9)15-8-11-7-13-4-5-14-11/h1-3,6,13H,4-5,7-8H2. The van der Waals surface area contributed by atoms with Gasteiger partial charge in [-0.3, -0.25) is 0 Å². The molecule has 1 saturated heterocycles. The fourth-order valence-electron chi connectivity index (χ4n) is 1.36. The third-order valence-electron chi connectivity index (χ3n) is 2.10. The highest BCUT2D eigenvalue weighted by molar-refractivity contribution is 6.30. The van der Waals surface area contributed by atoms with E-state index in [0.29, 0.717) is 18.2 Å². The minimum Gasteiger partial charge on any atom is -0.490 e. The highest BCUT2D eigenvalue weighted by Crippen LogP contribution is 2.18. The number of benzene rings is 1. The molecule has 1 aromatic carbocycles. The van der Waals surface area contributed by atoms with E-state index >= 15 is 0 Å². The van der Waals surface area contributed by atoms with Gasteiger partial charge in [0.05, 0.1) is 6.61 Å². The second-order valence-corrected chi connectivity index (χ2v) is 3.75. The lowest BCUT2D eigenvalue weighted by molar-refractivity contribution is 0.0785. The molecule has 0 unspecified atom stereocenters. The van der Waals surface area contributed by atoms with Gasteiger partial charge >= 0.3 is 0 Å². The van der Waals surface area contributed by atoms with Gasteiger partial charge in [-0.05, 0) is 18.2 Å². The van der Waals surface area contributed by atoms with E-state index in [1.165, 1.54) is 0 Å². The van der Waals surface area contributed by atoms with Crippen molar-refractivity contribution in [3.05, 3.63) is 35.4 Å². The van der Waals surface area contributed by atoms with Crippen LogP contribution in [-0.4, -0.2) is 26.3 Å². The summed E-state index contributed by atoms with van der Waals surface area (Å²) in [4.78, 5) is 0. The smallest absolute Gasteiger partial charge is 0.148 e. The Bertz CT molecular complexity index is 313. The lowest BCUT2D eigenvalue weighted by Crippen LogP contribution is -2.36. The predicted molar refractivity (Wildman–Crippen MR) is 59.0 cm³/mol. The number of nitrogens with one attached hydrogen (secondary N) is 1. The van der Waals surface area contributed by atoms with Crippen LogP contribution in [0.1, 0.15) is 0 Å². The van der Waals surface area contributed by atoms with Crippen LogP contribution in [0.4, 0.5) is 0 Å². The summed E-state index contributed by atoms with van der Waals surface area (Å²) in [5, 5.41) is 3.90. The summed E-state index contributed by atoms with van der Waals surface area (Å²) in [6.45, 7) is 2.86. The number of hydrogen-bond acceptors (Lipinski definition) is 3. The topological polar surface area (TPSA) is 30.5 Å². The number of halogens is 1. The van der Waals surface area contributed by atoms with E-state index in [4.69, 9.17) is 21.1 Å². The van der Waals surface area contributed by atoms with Gasteiger partial charge in [0.15, 0.2) is 0 Å². The van der Waals surface area contributed by atoms with E-state index in [0.717, 1.165) is 24.9 Å². The average Bonchev–Trinajstić information content (AvgIpc) is 2.28. The van der Waals surface area contributed by atoms with E-state index < -0.39 is 0 Å². The minimum absolute atomic E-state index is 0.480. The van der Waals surface area contributed by atoms with Crippen molar-refractivity contribution in [1.82, 2.24) is 5.32 Å². The maximum atomic E-state index is 5.84. The van der Waals surface area contributed by atoms with Crippen molar-refractivity contribution in [2.75, 3.05) is 26.3 Å². The van der Waals surface area contributed by atoms with Crippen molar-refractivity contribution >= 4 is 11.6 Å². The van der Waals surface area contributed by atoms with E-state index in [1.807, 2.05) is 18.2 Å². The van der Waals surface area contributed by atoms with Crippen LogP contribution in [0, 0.1) is 6.10 Å². The Hall–Kier alpha value is -0.770. The summed E-state index contributed by atoms with van der Waals surface area (Å²) >= 11 is 5.84. The van der Waals surface area contributed by atoms with Crippen molar-refractivity contribution in [2.24, 2.45) is 0 Å². The molecule has 0 amide bonds. The summed E-state index contributed by atoms with van der Waals surface area (Å²) in [7, 11) is 0.